The Hall–Kier alpha value is -1.16. The molecule has 0 spiro atoms. The van der Waals surface area contributed by atoms with Crippen LogP contribution in [0.2, 0.25) is 0 Å². The van der Waals surface area contributed by atoms with E-state index in [-0.39, 0.29) is 13.2 Å². The van der Waals surface area contributed by atoms with Crippen LogP contribution in [0.15, 0.2) is 41.1 Å². The highest BCUT2D eigenvalue weighted by Crippen LogP contribution is 2.30. The number of benzene rings is 1. The zero-order valence-electron chi connectivity index (χ0n) is 11.2. The highest BCUT2D eigenvalue weighted by Gasteiger charge is 2.30. The summed E-state index contributed by atoms with van der Waals surface area (Å²) in [5.41, 5.74) is 2.89. The molecule has 0 atom stereocenters. The summed E-state index contributed by atoms with van der Waals surface area (Å²) in [7, 11) is 0. The number of aliphatic hydroxyl groups is 2. The lowest BCUT2D eigenvalue weighted by molar-refractivity contribution is 0.109. The van der Waals surface area contributed by atoms with Crippen LogP contribution in [0.25, 0.3) is 0 Å². The molecule has 1 aromatic carbocycles. The van der Waals surface area contributed by atoms with Gasteiger partial charge in [-0.1, -0.05) is 29.8 Å². The largest absolute Gasteiger partial charge is 0.395 e. The van der Waals surface area contributed by atoms with Crippen LogP contribution < -0.4 is 0 Å². The Balaban J connectivity index is 2.21. The summed E-state index contributed by atoms with van der Waals surface area (Å²) in [6, 6.07) is 10.2. The van der Waals surface area contributed by atoms with Crippen molar-refractivity contribution in [3.63, 3.8) is 0 Å². The fourth-order valence-electron chi connectivity index (χ4n) is 2.33. The summed E-state index contributed by atoms with van der Waals surface area (Å²) >= 11 is 1.68. The molecule has 2 aromatic rings. The van der Waals surface area contributed by atoms with Crippen LogP contribution in [0.4, 0.5) is 0 Å². The molecular weight excluding hydrogens is 256 g/mol. The van der Waals surface area contributed by atoms with Gasteiger partial charge in [0.05, 0.1) is 13.2 Å². The quantitative estimate of drug-likeness (QED) is 0.851. The summed E-state index contributed by atoms with van der Waals surface area (Å²) < 4.78 is 0. The van der Waals surface area contributed by atoms with E-state index < -0.39 is 5.41 Å². The second-order valence-corrected chi connectivity index (χ2v) is 5.88. The lowest BCUT2D eigenvalue weighted by Crippen LogP contribution is -2.35. The molecule has 0 saturated carbocycles. The van der Waals surface area contributed by atoms with Crippen molar-refractivity contribution in [1.29, 1.82) is 0 Å². The Kier molecular flexibility index (Phi) is 4.75. The van der Waals surface area contributed by atoms with Crippen molar-refractivity contribution in [2.75, 3.05) is 13.2 Å². The van der Waals surface area contributed by atoms with Gasteiger partial charge in [-0.2, -0.15) is 11.3 Å². The first-order chi connectivity index (χ1) is 9.20. The number of aryl methyl sites for hydroxylation is 2. The minimum absolute atomic E-state index is 0.0307. The smallest absolute Gasteiger partial charge is 0.0550 e. The van der Waals surface area contributed by atoms with Crippen LogP contribution >= 0.6 is 11.3 Å². The molecule has 2 N–H and O–H groups in total. The van der Waals surface area contributed by atoms with Crippen LogP contribution in [0.3, 0.4) is 0 Å². The van der Waals surface area contributed by atoms with Crippen molar-refractivity contribution in [2.24, 2.45) is 0 Å². The van der Waals surface area contributed by atoms with Gasteiger partial charge in [0, 0.05) is 5.41 Å². The van der Waals surface area contributed by atoms with Crippen molar-refractivity contribution in [3.05, 3.63) is 57.8 Å². The third kappa shape index (κ3) is 3.24. The fraction of sp³-hybridized carbons (Fsp3) is 0.375. The van der Waals surface area contributed by atoms with Crippen molar-refractivity contribution in [3.8, 4) is 0 Å². The molecule has 102 valence electrons. The normalized spacial score (nSPS) is 11.7. The lowest BCUT2D eigenvalue weighted by Gasteiger charge is -2.30. The van der Waals surface area contributed by atoms with Crippen LogP contribution in [0.1, 0.15) is 23.1 Å². The third-order valence-electron chi connectivity index (χ3n) is 3.71. The van der Waals surface area contributed by atoms with Crippen molar-refractivity contribution < 1.29 is 10.2 Å². The monoisotopic (exact) mass is 276 g/mol. The summed E-state index contributed by atoms with van der Waals surface area (Å²) in [5, 5.41) is 23.8. The second-order valence-electron chi connectivity index (χ2n) is 5.10. The molecule has 0 aliphatic carbocycles. The molecule has 0 fully saturated rings. The van der Waals surface area contributed by atoms with E-state index in [9.17, 15) is 10.2 Å². The van der Waals surface area contributed by atoms with E-state index >= 15 is 0 Å². The highest BCUT2D eigenvalue weighted by atomic mass is 32.1. The van der Waals surface area contributed by atoms with E-state index in [4.69, 9.17) is 0 Å². The molecule has 0 aliphatic heterocycles. The van der Waals surface area contributed by atoms with Crippen molar-refractivity contribution in [2.45, 2.75) is 25.2 Å². The average molecular weight is 276 g/mol. The van der Waals surface area contributed by atoms with Crippen molar-refractivity contribution >= 4 is 11.3 Å². The highest BCUT2D eigenvalue weighted by molar-refractivity contribution is 7.07. The Bertz CT molecular complexity index is 501. The predicted octanol–water partition coefficient (Wildman–Crippen LogP) is 2.91. The molecule has 19 heavy (non-hydrogen) atoms. The van der Waals surface area contributed by atoms with Gasteiger partial charge in [0.2, 0.25) is 0 Å². The average Bonchev–Trinajstić information content (AvgIpc) is 2.94. The van der Waals surface area contributed by atoms with Gasteiger partial charge in [-0.25, -0.2) is 0 Å². The van der Waals surface area contributed by atoms with Gasteiger partial charge in [-0.15, -0.1) is 0 Å². The molecule has 1 aromatic heterocycles. The van der Waals surface area contributed by atoms with Gasteiger partial charge in [0.15, 0.2) is 0 Å². The standard InChI is InChI=1S/C16H20O2S/c1-13-3-2-4-15(9-13)16(11-17,12-18)7-5-14-6-8-19-10-14/h2-4,6,8-10,17-18H,5,7,11-12H2,1H3. The zero-order valence-corrected chi connectivity index (χ0v) is 12.0. The number of hydrogen-bond acceptors (Lipinski definition) is 3. The molecule has 2 nitrogen and oxygen atoms in total. The van der Waals surface area contributed by atoms with Gasteiger partial charge in [0.1, 0.15) is 0 Å². The first-order valence-electron chi connectivity index (χ1n) is 6.50. The Morgan fingerprint density at radius 2 is 1.95 bits per heavy atom. The van der Waals surface area contributed by atoms with Gasteiger partial charge in [-0.3, -0.25) is 0 Å². The summed E-state index contributed by atoms with van der Waals surface area (Å²) in [5.74, 6) is 0. The minimum atomic E-state index is -0.548. The van der Waals surface area contributed by atoms with E-state index in [1.807, 2.05) is 25.1 Å². The Morgan fingerprint density at radius 3 is 2.53 bits per heavy atom. The predicted molar refractivity (Wildman–Crippen MR) is 79.7 cm³/mol. The number of rotatable bonds is 6. The van der Waals surface area contributed by atoms with E-state index in [2.05, 4.69) is 22.9 Å². The van der Waals surface area contributed by atoms with Gasteiger partial charge in [-0.05, 0) is 47.7 Å². The fourth-order valence-corrected chi connectivity index (χ4v) is 3.03. The van der Waals surface area contributed by atoms with E-state index in [1.54, 1.807) is 11.3 Å². The molecular formula is C16H20O2S. The second kappa shape index (κ2) is 6.33. The molecule has 0 unspecified atom stereocenters. The molecule has 0 radical (unpaired) electrons. The molecule has 0 amide bonds. The van der Waals surface area contributed by atoms with Crippen LogP contribution in [-0.2, 0) is 11.8 Å². The zero-order chi connectivity index (χ0) is 13.7. The lowest BCUT2D eigenvalue weighted by atomic mass is 9.77. The maximum absolute atomic E-state index is 9.79. The van der Waals surface area contributed by atoms with Gasteiger partial charge >= 0.3 is 0 Å². The number of thiophene rings is 1. The SMILES string of the molecule is Cc1cccc(C(CO)(CO)CCc2ccsc2)c1. The first kappa shape index (κ1) is 14.3. The Labute approximate surface area is 118 Å². The maximum Gasteiger partial charge on any atom is 0.0550 e. The molecule has 0 saturated heterocycles. The van der Waals surface area contributed by atoms with E-state index in [0.29, 0.717) is 0 Å². The van der Waals surface area contributed by atoms with Crippen LogP contribution in [0, 0.1) is 6.92 Å². The maximum atomic E-state index is 9.79. The summed E-state index contributed by atoms with van der Waals surface area (Å²) in [6.07, 6.45) is 1.62. The third-order valence-corrected chi connectivity index (χ3v) is 4.44. The first-order valence-corrected chi connectivity index (χ1v) is 7.44. The topological polar surface area (TPSA) is 40.5 Å². The molecule has 1 heterocycles. The van der Waals surface area contributed by atoms with Crippen LogP contribution in [0.5, 0.6) is 0 Å². The number of hydrogen-bond donors (Lipinski definition) is 2. The van der Waals surface area contributed by atoms with E-state index in [1.165, 1.54) is 5.56 Å². The molecule has 0 bridgehead atoms. The summed E-state index contributed by atoms with van der Waals surface area (Å²) in [6.45, 7) is 1.97. The molecule has 2 rings (SSSR count). The number of aliphatic hydroxyl groups excluding tert-OH is 2. The molecule has 3 heteroatoms. The van der Waals surface area contributed by atoms with Crippen molar-refractivity contribution in [1.82, 2.24) is 0 Å². The van der Waals surface area contributed by atoms with Gasteiger partial charge in [0.25, 0.3) is 0 Å². The van der Waals surface area contributed by atoms with Gasteiger partial charge < -0.3 is 10.2 Å². The minimum Gasteiger partial charge on any atom is -0.395 e. The van der Waals surface area contributed by atoms with E-state index in [0.717, 1.165) is 24.0 Å². The van der Waals surface area contributed by atoms with Crippen LogP contribution in [-0.4, -0.2) is 23.4 Å². The Morgan fingerprint density at radius 1 is 1.16 bits per heavy atom. The molecule has 0 aliphatic rings. The summed E-state index contributed by atoms with van der Waals surface area (Å²) in [4.78, 5) is 0.